The Morgan fingerprint density at radius 2 is 1.54 bits per heavy atom. The van der Waals surface area contributed by atoms with Gasteiger partial charge < -0.3 is 15.1 Å². The number of allylic oxidation sites excluding steroid dienone is 1. The summed E-state index contributed by atoms with van der Waals surface area (Å²) in [5.74, 6) is 0. The van der Waals surface area contributed by atoms with Crippen molar-refractivity contribution in [3.05, 3.63) is 112 Å². The number of likely N-dealkylation sites (tertiary alicyclic amines) is 1. The van der Waals surface area contributed by atoms with Gasteiger partial charge in [0, 0.05) is 68.0 Å². The van der Waals surface area contributed by atoms with Crippen LogP contribution in [-0.2, 0) is 6.54 Å². The highest BCUT2D eigenvalue weighted by Gasteiger charge is 2.20. The minimum Gasteiger partial charge on any atom is -0.371 e. The molecular weight excluding hydrogens is 723 g/mol. The lowest BCUT2D eigenvalue weighted by atomic mass is 9.93. The molecule has 7 heteroatoms. The van der Waals surface area contributed by atoms with E-state index in [2.05, 4.69) is 159 Å². The number of nitrogens with zero attached hydrogens (tertiary/aromatic N) is 6. The third-order valence-corrected chi connectivity index (χ3v) is 11.4. The maximum atomic E-state index is 4.53. The molecule has 0 atom stereocenters. The molecule has 0 aliphatic carbocycles. The van der Waals surface area contributed by atoms with Crippen LogP contribution in [0.3, 0.4) is 0 Å². The van der Waals surface area contributed by atoms with Gasteiger partial charge in [-0.1, -0.05) is 95.7 Å². The second kappa shape index (κ2) is 26.4. The second-order valence-electron chi connectivity index (χ2n) is 16.1. The third-order valence-electron chi connectivity index (χ3n) is 11.4. The summed E-state index contributed by atoms with van der Waals surface area (Å²) in [6.07, 6.45) is 27.3. The maximum Gasteiger partial charge on any atom is 0.0914 e. The molecule has 0 saturated carbocycles. The van der Waals surface area contributed by atoms with Crippen molar-refractivity contribution in [3.8, 4) is 24.0 Å². The van der Waals surface area contributed by atoms with Crippen LogP contribution in [0.5, 0.6) is 0 Å². The number of pyridine rings is 2. The van der Waals surface area contributed by atoms with Crippen LogP contribution in [-0.4, -0.2) is 78.2 Å². The Kier molecular flexibility index (Phi) is 21.7. The molecule has 0 bridgehead atoms. The van der Waals surface area contributed by atoms with E-state index in [0.717, 1.165) is 61.6 Å². The molecule has 1 fully saturated rings. The SMILES string of the molecule is C#C.C=NC1=C(N(C)CC(=CCC)Nc2cccc(-c3cccc(C)c3C)c2C)CCN(C)C1.CCCCCCCC.Cc1nccc2cc(CN3CCCC3)cnc12. The molecule has 0 unspecified atom stereocenters. The summed E-state index contributed by atoms with van der Waals surface area (Å²) in [6, 6.07) is 17.4. The lowest BCUT2D eigenvalue weighted by molar-refractivity contribution is 0.306. The molecule has 4 heterocycles. The van der Waals surface area contributed by atoms with E-state index in [-0.39, 0.29) is 0 Å². The molecule has 2 aliphatic heterocycles. The smallest absolute Gasteiger partial charge is 0.0914 e. The molecule has 4 aromatic rings. The predicted molar refractivity (Wildman–Crippen MR) is 257 cm³/mol. The van der Waals surface area contributed by atoms with Gasteiger partial charge in [0.2, 0.25) is 0 Å². The van der Waals surface area contributed by atoms with Gasteiger partial charge in [0.15, 0.2) is 0 Å². The zero-order valence-electron chi connectivity index (χ0n) is 38.2. The first-order chi connectivity index (χ1) is 28.6. The van der Waals surface area contributed by atoms with Gasteiger partial charge in [-0.15, -0.1) is 12.8 Å². The molecule has 7 nitrogen and oxygen atoms in total. The number of nitrogens with one attached hydrogen (secondary N) is 1. The average molecular weight is 798 g/mol. The molecule has 1 N–H and O–H groups in total. The molecule has 0 amide bonds. The molecule has 6 rings (SSSR count). The predicted octanol–water partition coefficient (Wildman–Crippen LogP) is 12.3. The van der Waals surface area contributed by atoms with Crippen molar-refractivity contribution in [2.75, 3.05) is 52.1 Å². The summed E-state index contributed by atoms with van der Waals surface area (Å²) >= 11 is 0. The standard InChI is InChI=1S/C28H38N4.C14H17N3.C8H18.C2H2/c1-8-11-23(18-32(7)28-16-17-31(6)19-27(28)29-5)30-26-15-10-14-25(22(26)4)24-13-9-12-20(2)21(24)3;1-11-14-13(4-5-15-11)8-12(9-16-14)10-17-6-2-3-7-17;1-3-5-7-8-6-4-2;1-2/h9-15,30H,5,8,16-19H2,1-4,6-7H3;4-5,8-9H,2-3,6-7,10H2,1H3;3-8H2,1-2H3;1-2H. The minimum absolute atomic E-state index is 0.819. The van der Waals surface area contributed by atoms with Gasteiger partial charge in [-0.05, 0) is 125 Å². The Bertz CT molecular complexity index is 1960. The number of terminal acetylenes is 1. The first kappa shape index (κ1) is 48.6. The molecule has 59 heavy (non-hydrogen) atoms. The van der Waals surface area contributed by atoms with E-state index in [1.54, 1.807) is 0 Å². The number of aromatic nitrogens is 2. The van der Waals surface area contributed by atoms with Gasteiger partial charge in [-0.2, -0.15) is 0 Å². The number of unbranched alkanes of at least 4 members (excludes halogenated alkanes) is 5. The lowest BCUT2D eigenvalue weighted by Gasteiger charge is -2.32. The Morgan fingerprint density at radius 3 is 2.19 bits per heavy atom. The van der Waals surface area contributed by atoms with E-state index in [4.69, 9.17) is 0 Å². The first-order valence-corrected chi connectivity index (χ1v) is 22.1. The Morgan fingerprint density at radius 1 is 0.881 bits per heavy atom. The van der Waals surface area contributed by atoms with Crippen LogP contribution >= 0.6 is 0 Å². The van der Waals surface area contributed by atoms with Crippen molar-refractivity contribution < 1.29 is 0 Å². The monoisotopic (exact) mass is 798 g/mol. The molecular formula is C52H75N7. The number of likely N-dealkylation sites (N-methyl/N-ethyl adjacent to an activating group) is 2. The van der Waals surface area contributed by atoms with Gasteiger partial charge in [0.25, 0.3) is 0 Å². The number of benzene rings is 2. The summed E-state index contributed by atoms with van der Waals surface area (Å²) in [5.41, 5.74) is 14.6. The van der Waals surface area contributed by atoms with Gasteiger partial charge >= 0.3 is 0 Å². The molecule has 2 aromatic heterocycles. The van der Waals surface area contributed by atoms with Gasteiger partial charge in [0.1, 0.15) is 0 Å². The summed E-state index contributed by atoms with van der Waals surface area (Å²) in [7, 11) is 4.30. The molecule has 1 saturated heterocycles. The first-order valence-electron chi connectivity index (χ1n) is 22.1. The molecule has 318 valence electrons. The highest BCUT2D eigenvalue weighted by molar-refractivity contribution is 5.80. The van der Waals surface area contributed by atoms with Crippen molar-refractivity contribution >= 4 is 23.3 Å². The molecule has 2 aliphatic rings. The van der Waals surface area contributed by atoms with Crippen molar-refractivity contribution in [3.63, 3.8) is 0 Å². The molecule has 0 radical (unpaired) electrons. The fourth-order valence-corrected chi connectivity index (χ4v) is 7.84. The number of anilines is 1. The van der Waals surface area contributed by atoms with Crippen molar-refractivity contribution in [1.82, 2.24) is 24.7 Å². The van der Waals surface area contributed by atoms with Crippen LogP contribution in [0.15, 0.2) is 89.1 Å². The summed E-state index contributed by atoms with van der Waals surface area (Å²) < 4.78 is 0. The normalized spacial score (nSPS) is 14.4. The number of aryl methyl sites for hydroxylation is 2. The van der Waals surface area contributed by atoms with Gasteiger partial charge in [-0.3, -0.25) is 19.9 Å². The number of fused-ring (bicyclic) bond motifs is 1. The Balaban J connectivity index is 0.000000285. The van der Waals surface area contributed by atoms with E-state index in [0.29, 0.717) is 0 Å². The second-order valence-corrected chi connectivity index (χ2v) is 16.1. The average Bonchev–Trinajstić information content (AvgIpc) is 3.76. The lowest BCUT2D eigenvalue weighted by Crippen LogP contribution is -2.34. The van der Waals surface area contributed by atoms with Crippen LogP contribution in [0.25, 0.3) is 22.0 Å². The van der Waals surface area contributed by atoms with Crippen LogP contribution in [0, 0.1) is 40.5 Å². The van der Waals surface area contributed by atoms with Crippen LogP contribution in [0.1, 0.15) is 113 Å². The maximum absolute atomic E-state index is 4.53. The fraction of sp³-hybridized carbons (Fsp3) is 0.481. The Labute approximate surface area is 359 Å². The highest BCUT2D eigenvalue weighted by atomic mass is 15.2. The quantitative estimate of drug-likeness (QED) is 0.0734. The topological polar surface area (TPSA) is 59.9 Å². The van der Waals surface area contributed by atoms with Crippen molar-refractivity contribution in [2.24, 2.45) is 4.99 Å². The minimum atomic E-state index is 0.819. The third kappa shape index (κ3) is 15.1. The van der Waals surface area contributed by atoms with Crippen molar-refractivity contribution in [1.29, 1.82) is 0 Å². The Hall–Kier alpha value is -4.77. The zero-order valence-corrected chi connectivity index (χ0v) is 38.2. The molecule has 2 aromatic carbocycles. The van der Waals surface area contributed by atoms with E-state index < -0.39 is 0 Å². The highest BCUT2D eigenvalue weighted by Crippen LogP contribution is 2.33. The zero-order chi connectivity index (χ0) is 43.2. The van der Waals surface area contributed by atoms with E-state index in [1.807, 2.05) is 25.4 Å². The number of hydrogen-bond donors (Lipinski definition) is 1. The van der Waals surface area contributed by atoms with Crippen LogP contribution < -0.4 is 5.32 Å². The van der Waals surface area contributed by atoms with Gasteiger partial charge in [-0.25, -0.2) is 0 Å². The largest absolute Gasteiger partial charge is 0.371 e. The number of aliphatic imine (C=N–C) groups is 1. The van der Waals surface area contributed by atoms with Crippen molar-refractivity contribution in [2.45, 2.75) is 119 Å². The molecule has 0 spiro atoms. The van der Waals surface area contributed by atoms with Crippen LogP contribution in [0.4, 0.5) is 5.69 Å². The fourth-order valence-electron chi connectivity index (χ4n) is 7.84. The van der Waals surface area contributed by atoms with Gasteiger partial charge in [0.05, 0.1) is 23.5 Å². The number of hydrogen-bond acceptors (Lipinski definition) is 7. The van der Waals surface area contributed by atoms with E-state index >= 15 is 0 Å². The summed E-state index contributed by atoms with van der Waals surface area (Å²) in [5, 5.41) is 4.95. The van der Waals surface area contributed by atoms with E-state index in [9.17, 15) is 0 Å². The van der Waals surface area contributed by atoms with Crippen LogP contribution in [0.2, 0.25) is 0 Å². The number of rotatable bonds is 15. The summed E-state index contributed by atoms with van der Waals surface area (Å²) in [4.78, 5) is 20.2. The summed E-state index contributed by atoms with van der Waals surface area (Å²) in [6.45, 7) is 25.3. The van der Waals surface area contributed by atoms with E-state index in [1.165, 1.54) is 115 Å².